The number of amides is 1. The molecule has 1 fully saturated rings. The smallest absolute Gasteiger partial charge is 0.338 e. The predicted molar refractivity (Wildman–Crippen MR) is 127 cm³/mol. The summed E-state index contributed by atoms with van der Waals surface area (Å²) in [5.74, 6) is -0.592. The minimum Gasteiger partial charge on any atom is -0.338 e. The SMILES string of the molecule is O=C(Cn1nc(-c2ccc(F)cc2)nc1-c1ccc(F)cc1)N1CCN(c2nccc(C(F)(F)F)n2)CC1. The molecule has 3 heterocycles. The first-order chi connectivity index (χ1) is 18.2. The fourth-order valence-corrected chi connectivity index (χ4v) is 4.03. The van der Waals surface area contributed by atoms with Crippen molar-refractivity contribution in [3.63, 3.8) is 0 Å². The molecule has 0 unspecified atom stereocenters. The van der Waals surface area contributed by atoms with Crippen LogP contribution in [-0.4, -0.2) is 61.7 Å². The summed E-state index contributed by atoms with van der Waals surface area (Å²) in [6.45, 7) is 0.792. The Bertz CT molecular complexity index is 1430. The largest absolute Gasteiger partial charge is 0.433 e. The van der Waals surface area contributed by atoms with Crippen molar-refractivity contribution in [2.24, 2.45) is 0 Å². The fraction of sp³-hybridized carbons (Fsp3) is 0.240. The highest BCUT2D eigenvalue weighted by Crippen LogP contribution is 2.28. The quantitative estimate of drug-likeness (QED) is 0.363. The van der Waals surface area contributed by atoms with Crippen LogP contribution in [0.4, 0.5) is 27.9 Å². The van der Waals surface area contributed by atoms with Crippen LogP contribution < -0.4 is 4.90 Å². The van der Waals surface area contributed by atoms with Gasteiger partial charge in [0.15, 0.2) is 11.6 Å². The van der Waals surface area contributed by atoms with E-state index >= 15 is 0 Å². The zero-order valence-corrected chi connectivity index (χ0v) is 19.7. The summed E-state index contributed by atoms with van der Waals surface area (Å²) in [6, 6.07) is 11.9. The Balaban J connectivity index is 1.32. The van der Waals surface area contributed by atoms with Crippen molar-refractivity contribution in [2.75, 3.05) is 31.1 Å². The van der Waals surface area contributed by atoms with Gasteiger partial charge in [-0.3, -0.25) is 4.79 Å². The number of aromatic nitrogens is 5. The number of carbonyl (C=O) groups excluding carboxylic acids is 1. The second-order valence-corrected chi connectivity index (χ2v) is 8.54. The highest BCUT2D eigenvalue weighted by molar-refractivity contribution is 5.77. The normalized spacial score (nSPS) is 14.1. The summed E-state index contributed by atoms with van der Waals surface area (Å²) >= 11 is 0. The lowest BCUT2D eigenvalue weighted by molar-refractivity contribution is -0.141. The van der Waals surface area contributed by atoms with Crippen molar-refractivity contribution in [3.05, 3.63) is 78.1 Å². The van der Waals surface area contributed by atoms with E-state index in [-0.39, 0.29) is 50.4 Å². The summed E-state index contributed by atoms with van der Waals surface area (Å²) in [5.41, 5.74) is 0.0414. The third-order valence-corrected chi connectivity index (χ3v) is 6.01. The Morgan fingerprint density at radius 3 is 2.03 bits per heavy atom. The molecule has 1 aliphatic rings. The van der Waals surface area contributed by atoms with Gasteiger partial charge in [0.2, 0.25) is 11.9 Å². The van der Waals surface area contributed by atoms with Crippen LogP contribution in [0.25, 0.3) is 22.8 Å². The fourth-order valence-electron chi connectivity index (χ4n) is 4.03. The zero-order valence-electron chi connectivity index (χ0n) is 19.7. The first kappa shape index (κ1) is 25.2. The van der Waals surface area contributed by atoms with E-state index < -0.39 is 23.5 Å². The van der Waals surface area contributed by atoms with E-state index in [2.05, 4.69) is 20.1 Å². The lowest BCUT2D eigenvalue weighted by Gasteiger charge is -2.34. The second-order valence-electron chi connectivity index (χ2n) is 8.54. The second kappa shape index (κ2) is 10.1. The van der Waals surface area contributed by atoms with E-state index in [0.717, 1.165) is 12.3 Å². The molecule has 1 saturated heterocycles. The molecule has 38 heavy (non-hydrogen) atoms. The van der Waals surface area contributed by atoms with Gasteiger partial charge in [0.05, 0.1) is 0 Å². The molecule has 0 saturated carbocycles. The predicted octanol–water partition coefficient (Wildman–Crippen LogP) is 4.05. The molecular formula is C25H20F5N7O. The minimum atomic E-state index is -4.58. The molecule has 1 amide bonds. The molecule has 0 N–H and O–H groups in total. The van der Waals surface area contributed by atoms with Gasteiger partial charge in [0, 0.05) is 43.5 Å². The molecule has 0 spiro atoms. The standard InChI is InChI=1S/C25H20F5N7O/c26-18-5-1-16(2-6-18)22-33-23(17-3-7-19(27)8-4-17)37(34-22)15-21(38)35-11-13-36(14-12-35)24-31-10-9-20(32-24)25(28,29)30/h1-10H,11-15H2. The number of piperazine rings is 1. The van der Waals surface area contributed by atoms with E-state index in [1.807, 2.05) is 0 Å². The lowest BCUT2D eigenvalue weighted by atomic mass is 10.2. The van der Waals surface area contributed by atoms with E-state index in [1.165, 1.54) is 53.2 Å². The number of anilines is 1. The third-order valence-electron chi connectivity index (χ3n) is 6.01. The van der Waals surface area contributed by atoms with Crippen molar-refractivity contribution in [3.8, 4) is 22.8 Å². The Morgan fingerprint density at radius 2 is 1.42 bits per heavy atom. The molecule has 196 valence electrons. The maximum absolute atomic E-state index is 13.5. The molecular weight excluding hydrogens is 509 g/mol. The van der Waals surface area contributed by atoms with E-state index in [0.29, 0.717) is 17.0 Å². The first-order valence-electron chi connectivity index (χ1n) is 11.6. The van der Waals surface area contributed by atoms with E-state index in [4.69, 9.17) is 0 Å². The van der Waals surface area contributed by atoms with Gasteiger partial charge in [0.1, 0.15) is 23.9 Å². The number of hydrogen-bond acceptors (Lipinski definition) is 6. The Kier molecular flexibility index (Phi) is 6.74. The van der Waals surface area contributed by atoms with Crippen LogP contribution in [0.1, 0.15) is 5.69 Å². The van der Waals surface area contributed by atoms with Gasteiger partial charge in [-0.1, -0.05) is 0 Å². The van der Waals surface area contributed by atoms with E-state index in [1.54, 1.807) is 9.80 Å². The van der Waals surface area contributed by atoms with Crippen molar-refractivity contribution < 1.29 is 26.7 Å². The maximum atomic E-state index is 13.5. The van der Waals surface area contributed by atoms with Gasteiger partial charge in [-0.2, -0.15) is 13.2 Å². The molecule has 2 aromatic carbocycles. The van der Waals surface area contributed by atoms with Crippen LogP contribution in [0, 0.1) is 11.6 Å². The van der Waals surface area contributed by atoms with Crippen LogP contribution in [0.3, 0.4) is 0 Å². The number of benzene rings is 2. The Morgan fingerprint density at radius 1 is 0.816 bits per heavy atom. The van der Waals surface area contributed by atoms with Gasteiger partial charge in [-0.15, -0.1) is 5.10 Å². The van der Waals surface area contributed by atoms with Crippen LogP contribution in [0.2, 0.25) is 0 Å². The molecule has 4 aromatic rings. The number of alkyl halides is 3. The number of carbonyl (C=O) groups is 1. The molecule has 1 aliphatic heterocycles. The Labute approximate surface area is 213 Å². The average Bonchev–Trinajstić information content (AvgIpc) is 3.32. The topological polar surface area (TPSA) is 80.0 Å². The summed E-state index contributed by atoms with van der Waals surface area (Å²) in [5, 5.41) is 4.44. The molecule has 0 bridgehead atoms. The van der Waals surface area contributed by atoms with Gasteiger partial charge in [-0.05, 0) is 54.6 Å². The molecule has 8 nitrogen and oxygen atoms in total. The van der Waals surface area contributed by atoms with Gasteiger partial charge in [0.25, 0.3) is 0 Å². The first-order valence-corrected chi connectivity index (χ1v) is 11.6. The summed E-state index contributed by atoms with van der Waals surface area (Å²) in [7, 11) is 0. The maximum Gasteiger partial charge on any atom is 0.433 e. The lowest BCUT2D eigenvalue weighted by Crippen LogP contribution is -2.50. The number of nitrogens with zero attached hydrogens (tertiary/aromatic N) is 7. The third kappa shape index (κ3) is 5.45. The monoisotopic (exact) mass is 529 g/mol. The molecule has 2 aromatic heterocycles. The van der Waals surface area contributed by atoms with Gasteiger partial charge < -0.3 is 9.80 Å². The minimum absolute atomic E-state index is 0.0502. The van der Waals surface area contributed by atoms with Crippen molar-refractivity contribution in [1.29, 1.82) is 0 Å². The van der Waals surface area contributed by atoms with Crippen molar-refractivity contribution in [2.45, 2.75) is 12.7 Å². The van der Waals surface area contributed by atoms with Crippen LogP contribution in [0.15, 0.2) is 60.8 Å². The van der Waals surface area contributed by atoms with Crippen molar-refractivity contribution >= 4 is 11.9 Å². The van der Waals surface area contributed by atoms with Gasteiger partial charge >= 0.3 is 6.18 Å². The number of rotatable bonds is 5. The van der Waals surface area contributed by atoms with Gasteiger partial charge in [-0.25, -0.2) is 28.4 Å². The summed E-state index contributed by atoms with van der Waals surface area (Å²) in [4.78, 5) is 28.4. The van der Waals surface area contributed by atoms with Crippen LogP contribution in [0.5, 0.6) is 0 Å². The molecule has 0 radical (unpaired) electrons. The average molecular weight is 529 g/mol. The molecule has 13 heteroatoms. The van der Waals surface area contributed by atoms with Crippen molar-refractivity contribution in [1.82, 2.24) is 29.6 Å². The molecule has 5 rings (SSSR count). The molecule has 0 atom stereocenters. The Hall–Kier alpha value is -4.42. The summed E-state index contributed by atoms with van der Waals surface area (Å²) in [6.07, 6.45) is -3.52. The van der Waals surface area contributed by atoms with Crippen LogP contribution >= 0.6 is 0 Å². The zero-order chi connectivity index (χ0) is 26.9. The molecule has 0 aliphatic carbocycles. The highest BCUT2D eigenvalue weighted by Gasteiger charge is 2.34. The van der Waals surface area contributed by atoms with E-state index in [9.17, 15) is 26.7 Å². The van der Waals surface area contributed by atoms with Crippen LogP contribution in [-0.2, 0) is 17.5 Å². The number of halogens is 5. The number of hydrogen-bond donors (Lipinski definition) is 0. The highest BCUT2D eigenvalue weighted by atomic mass is 19.4. The summed E-state index contributed by atoms with van der Waals surface area (Å²) < 4.78 is 67.3.